The van der Waals surface area contributed by atoms with Crippen LogP contribution in [0.4, 0.5) is 0 Å². The molecule has 0 unspecified atom stereocenters. The highest BCUT2D eigenvalue weighted by Crippen LogP contribution is 2.49. The van der Waals surface area contributed by atoms with Gasteiger partial charge < -0.3 is 0 Å². The van der Waals surface area contributed by atoms with Gasteiger partial charge in [0.25, 0.3) is 0 Å². The summed E-state index contributed by atoms with van der Waals surface area (Å²) in [4.78, 5) is 14.2. The zero-order valence-corrected chi connectivity index (χ0v) is 8.40. The van der Waals surface area contributed by atoms with E-state index in [1.54, 1.807) is 12.3 Å². The number of rotatable bonds is 3. The Kier molecular flexibility index (Phi) is 2.01. The molecule has 1 heterocycles. The second-order valence-corrected chi connectivity index (χ2v) is 3.99. The van der Waals surface area contributed by atoms with E-state index in [2.05, 4.69) is 23.9 Å². The Labute approximate surface area is 82.6 Å². The first-order valence-electron chi connectivity index (χ1n) is 4.83. The first kappa shape index (κ1) is 9.16. The molecule has 0 radical (unpaired) electrons. The van der Waals surface area contributed by atoms with Gasteiger partial charge >= 0.3 is 0 Å². The molecule has 4 nitrogen and oxygen atoms in total. The molecule has 0 aromatic carbocycles. The van der Waals surface area contributed by atoms with Crippen molar-refractivity contribution in [1.29, 1.82) is 0 Å². The first-order chi connectivity index (χ1) is 6.69. The van der Waals surface area contributed by atoms with Gasteiger partial charge in [0, 0.05) is 12.2 Å². The lowest BCUT2D eigenvalue weighted by molar-refractivity contribution is 0.479. The molecule has 1 aromatic heterocycles. The van der Waals surface area contributed by atoms with E-state index >= 15 is 0 Å². The Hall–Kier alpha value is -1.41. The molecule has 0 bridgehead atoms. The Morgan fingerprint density at radius 2 is 2.36 bits per heavy atom. The molecule has 0 aliphatic heterocycles. The van der Waals surface area contributed by atoms with Gasteiger partial charge in [-0.05, 0) is 32.8 Å². The summed E-state index contributed by atoms with van der Waals surface area (Å²) in [5.41, 5.74) is 0.735. The van der Waals surface area contributed by atoms with E-state index in [4.69, 9.17) is 0 Å². The van der Waals surface area contributed by atoms with Gasteiger partial charge in [-0.2, -0.15) is 10.1 Å². The van der Waals surface area contributed by atoms with Crippen LogP contribution in [0, 0.1) is 0 Å². The normalized spacial score (nSPS) is 17.9. The van der Waals surface area contributed by atoms with Crippen LogP contribution < -0.4 is 0 Å². The fourth-order valence-corrected chi connectivity index (χ4v) is 1.73. The van der Waals surface area contributed by atoms with Gasteiger partial charge in [-0.1, -0.05) is 0 Å². The topological polar surface area (TPSA) is 47.2 Å². The van der Waals surface area contributed by atoms with Crippen LogP contribution in [0.1, 0.15) is 38.4 Å². The number of aliphatic imine (C=N–C) groups is 1. The highest BCUT2D eigenvalue weighted by Gasteiger charge is 2.47. The summed E-state index contributed by atoms with van der Waals surface area (Å²) in [5, 5.41) is 4.23. The molecular weight excluding hydrogens is 178 g/mol. The molecule has 1 aliphatic rings. The number of nitrogens with zero attached hydrogens (tertiary/aromatic N) is 3. The number of hydrogen-bond acceptors (Lipinski definition) is 3. The Bertz CT molecular complexity index is 384. The smallest absolute Gasteiger partial charge is 0.235 e. The van der Waals surface area contributed by atoms with Crippen molar-refractivity contribution in [1.82, 2.24) is 9.78 Å². The van der Waals surface area contributed by atoms with Crippen molar-refractivity contribution in [3.8, 4) is 0 Å². The molecule has 0 amide bonds. The maximum Gasteiger partial charge on any atom is 0.235 e. The summed E-state index contributed by atoms with van der Waals surface area (Å²) >= 11 is 0. The minimum Gasteiger partial charge on any atom is -0.265 e. The fraction of sp³-hybridized carbons (Fsp3) is 0.600. The summed E-state index contributed by atoms with van der Waals surface area (Å²) in [7, 11) is 0. The lowest BCUT2D eigenvalue weighted by atomic mass is 10.2. The lowest BCUT2D eigenvalue weighted by Gasteiger charge is -2.14. The third kappa shape index (κ3) is 1.28. The van der Waals surface area contributed by atoms with E-state index in [1.165, 1.54) is 0 Å². The Morgan fingerprint density at radius 1 is 1.64 bits per heavy atom. The number of aromatic nitrogens is 2. The van der Waals surface area contributed by atoms with Crippen LogP contribution in [0.5, 0.6) is 0 Å². The minimum absolute atomic E-state index is 0.303. The molecular formula is C10H13N3O. The third-order valence-electron chi connectivity index (χ3n) is 2.62. The molecule has 14 heavy (non-hydrogen) atoms. The van der Waals surface area contributed by atoms with Crippen LogP contribution in [0.2, 0.25) is 0 Å². The van der Waals surface area contributed by atoms with Gasteiger partial charge in [0.15, 0.2) is 0 Å². The standard InChI is InChI=1S/C10H13N3O/c1-8(2)13-9(3-6-12-13)10(4-5-10)11-7-14/h3,6,8H,4-5H2,1-2H3. The van der Waals surface area contributed by atoms with Crippen molar-refractivity contribution < 1.29 is 4.79 Å². The molecule has 0 spiro atoms. The molecule has 1 aromatic rings. The van der Waals surface area contributed by atoms with E-state index in [0.717, 1.165) is 18.5 Å². The van der Waals surface area contributed by atoms with Crippen molar-refractivity contribution in [2.45, 2.75) is 38.3 Å². The molecule has 1 fully saturated rings. The monoisotopic (exact) mass is 191 g/mol. The van der Waals surface area contributed by atoms with Gasteiger partial charge in [0.1, 0.15) is 5.54 Å². The number of carbonyl (C=O) groups excluding carboxylic acids is 1. The largest absolute Gasteiger partial charge is 0.265 e. The summed E-state index contributed by atoms with van der Waals surface area (Å²) in [6.07, 6.45) is 5.28. The zero-order valence-electron chi connectivity index (χ0n) is 8.40. The van der Waals surface area contributed by atoms with E-state index in [9.17, 15) is 4.79 Å². The van der Waals surface area contributed by atoms with Crippen molar-refractivity contribution in [3.63, 3.8) is 0 Å². The quantitative estimate of drug-likeness (QED) is 0.540. The van der Waals surface area contributed by atoms with E-state index in [-0.39, 0.29) is 5.54 Å². The van der Waals surface area contributed by atoms with Gasteiger partial charge in [-0.3, -0.25) is 4.68 Å². The van der Waals surface area contributed by atoms with Gasteiger partial charge in [0.2, 0.25) is 6.08 Å². The average molecular weight is 191 g/mol. The second kappa shape index (κ2) is 3.07. The number of hydrogen-bond donors (Lipinski definition) is 0. The van der Waals surface area contributed by atoms with Crippen molar-refractivity contribution in [2.75, 3.05) is 0 Å². The summed E-state index contributed by atoms with van der Waals surface area (Å²) in [5.74, 6) is 0. The van der Waals surface area contributed by atoms with Crippen LogP contribution >= 0.6 is 0 Å². The first-order valence-corrected chi connectivity index (χ1v) is 4.83. The van der Waals surface area contributed by atoms with Crippen LogP contribution in [-0.4, -0.2) is 15.9 Å². The van der Waals surface area contributed by atoms with Crippen molar-refractivity contribution in [2.24, 2.45) is 4.99 Å². The van der Waals surface area contributed by atoms with E-state index < -0.39 is 0 Å². The molecule has 4 heteroatoms. The van der Waals surface area contributed by atoms with Crippen LogP contribution in [-0.2, 0) is 10.3 Å². The molecule has 0 N–H and O–H groups in total. The molecule has 2 rings (SSSR count). The Balaban J connectivity index is 2.41. The molecule has 0 atom stereocenters. The summed E-state index contributed by atoms with van der Waals surface area (Å²) < 4.78 is 1.92. The summed E-state index contributed by atoms with van der Waals surface area (Å²) in [6, 6.07) is 2.24. The van der Waals surface area contributed by atoms with Gasteiger partial charge in [-0.15, -0.1) is 0 Å². The van der Waals surface area contributed by atoms with Crippen molar-refractivity contribution >= 4 is 6.08 Å². The average Bonchev–Trinajstić information content (AvgIpc) is 2.76. The highest BCUT2D eigenvalue weighted by molar-refractivity contribution is 5.39. The molecule has 0 saturated heterocycles. The fourth-order valence-electron chi connectivity index (χ4n) is 1.73. The minimum atomic E-state index is -0.303. The van der Waals surface area contributed by atoms with Crippen LogP contribution in [0.15, 0.2) is 17.3 Å². The zero-order chi connectivity index (χ0) is 10.2. The number of isocyanates is 1. The van der Waals surface area contributed by atoms with Gasteiger partial charge in [0.05, 0.1) is 5.69 Å². The maximum atomic E-state index is 10.3. The molecule has 74 valence electrons. The predicted octanol–water partition coefficient (Wildman–Crippen LogP) is 1.79. The van der Waals surface area contributed by atoms with Crippen LogP contribution in [0.25, 0.3) is 0 Å². The summed E-state index contributed by atoms with van der Waals surface area (Å²) in [6.45, 7) is 4.13. The van der Waals surface area contributed by atoms with E-state index in [1.807, 2.05) is 10.7 Å². The Morgan fingerprint density at radius 3 is 2.86 bits per heavy atom. The second-order valence-electron chi connectivity index (χ2n) is 3.99. The van der Waals surface area contributed by atoms with Crippen LogP contribution in [0.3, 0.4) is 0 Å². The molecule has 1 aliphatic carbocycles. The lowest BCUT2D eigenvalue weighted by Crippen LogP contribution is -2.14. The maximum absolute atomic E-state index is 10.3. The van der Waals surface area contributed by atoms with Gasteiger partial charge in [-0.25, -0.2) is 4.79 Å². The van der Waals surface area contributed by atoms with Crippen molar-refractivity contribution in [3.05, 3.63) is 18.0 Å². The van der Waals surface area contributed by atoms with E-state index in [0.29, 0.717) is 6.04 Å². The highest BCUT2D eigenvalue weighted by atomic mass is 16.1. The molecule has 1 saturated carbocycles. The third-order valence-corrected chi connectivity index (χ3v) is 2.62. The predicted molar refractivity (Wildman–Crippen MR) is 51.6 cm³/mol. The SMILES string of the molecule is CC(C)n1nccc1C1(N=C=O)CC1.